The second-order valence-corrected chi connectivity index (χ2v) is 4.70. The first-order valence-electron chi connectivity index (χ1n) is 6.75. The zero-order valence-electron chi connectivity index (χ0n) is 12.0. The van der Waals surface area contributed by atoms with E-state index < -0.39 is 0 Å². The van der Waals surface area contributed by atoms with E-state index in [0.29, 0.717) is 29.0 Å². The van der Waals surface area contributed by atoms with Gasteiger partial charge in [0.25, 0.3) is 0 Å². The summed E-state index contributed by atoms with van der Waals surface area (Å²) in [6.07, 6.45) is 3.16. The van der Waals surface area contributed by atoms with Gasteiger partial charge in [0.15, 0.2) is 5.82 Å². The standard InChI is InChI=1S/C16H15N5O/c1-11-7-8-13(18-9-11)21-15-14(17)16(20-10-19-15)22-12-5-3-2-4-6-12/h2-10H,17H2,1H3,(H,18,19,20,21). The lowest BCUT2D eigenvalue weighted by molar-refractivity contribution is 0.464. The van der Waals surface area contributed by atoms with E-state index in [0.717, 1.165) is 5.56 Å². The Morgan fingerprint density at radius 1 is 1.00 bits per heavy atom. The van der Waals surface area contributed by atoms with Gasteiger partial charge < -0.3 is 15.8 Å². The summed E-state index contributed by atoms with van der Waals surface area (Å²) in [4.78, 5) is 12.5. The van der Waals surface area contributed by atoms with E-state index in [1.165, 1.54) is 6.33 Å². The van der Waals surface area contributed by atoms with E-state index in [2.05, 4.69) is 20.3 Å². The van der Waals surface area contributed by atoms with Crippen LogP contribution in [0.15, 0.2) is 55.0 Å². The van der Waals surface area contributed by atoms with Crippen LogP contribution in [0.2, 0.25) is 0 Å². The topological polar surface area (TPSA) is 86.0 Å². The van der Waals surface area contributed by atoms with Gasteiger partial charge in [-0.25, -0.2) is 9.97 Å². The van der Waals surface area contributed by atoms with Gasteiger partial charge >= 0.3 is 0 Å². The molecule has 6 heteroatoms. The summed E-state index contributed by atoms with van der Waals surface area (Å²) >= 11 is 0. The second-order valence-electron chi connectivity index (χ2n) is 4.70. The van der Waals surface area contributed by atoms with Crippen LogP contribution in [0.1, 0.15) is 5.56 Å². The van der Waals surface area contributed by atoms with Gasteiger partial charge in [-0.3, -0.25) is 0 Å². The van der Waals surface area contributed by atoms with E-state index in [9.17, 15) is 0 Å². The van der Waals surface area contributed by atoms with E-state index in [1.54, 1.807) is 6.20 Å². The molecule has 0 bridgehead atoms. The average molecular weight is 293 g/mol. The van der Waals surface area contributed by atoms with E-state index >= 15 is 0 Å². The highest BCUT2D eigenvalue weighted by Crippen LogP contribution is 2.30. The number of hydrogen-bond donors (Lipinski definition) is 2. The normalized spacial score (nSPS) is 10.2. The van der Waals surface area contributed by atoms with Crippen LogP contribution in [-0.2, 0) is 0 Å². The van der Waals surface area contributed by atoms with Crippen LogP contribution >= 0.6 is 0 Å². The van der Waals surface area contributed by atoms with Crippen LogP contribution in [0.3, 0.4) is 0 Å². The molecule has 0 aliphatic rings. The van der Waals surface area contributed by atoms with Crippen LogP contribution in [0.4, 0.5) is 17.3 Å². The third kappa shape index (κ3) is 3.12. The molecule has 0 saturated carbocycles. The predicted molar refractivity (Wildman–Crippen MR) is 85.2 cm³/mol. The molecule has 6 nitrogen and oxygen atoms in total. The van der Waals surface area contributed by atoms with Gasteiger partial charge in [0.2, 0.25) is 5.88 Å². The molecule has 0 unspecified atom stereocenters. The lowest BCUT2D eigenvalue weighted by Crippen LogP contribution is -2.04. The largest absolute Gasteiger partial charge is 0.437 e. The van der Waals surface area contributed by atoms with Crippen LogP contribution in [0.5, 0.6) is 11.6 Å². The summed E-state index contributed by atoms with van der Waals surface area (Å²) in [5, 5.41) is 3.06. The molecule has 2 heterocycles. The first-order valence-corrected chi connectivity index (χ1v) is 6.75. The summed E-state index contributed by atoms with van der Waals surface area (Å²) in [6, 6.07) is 13.1. The molecular formula is C16H15N5O. The number of para-hydroxylation sites is 1. The van der Waals surface area contributed by atoms with E-state index in [-0.39, 0.29) is 0 Å². The number of pyridine rings is 1. The lowest BCUT2D eigenvalue weighted by Gasteiger charge is -2.11. The Balaban J connectivity index is 1.84. The Bertz CT molecular complexity index is 759. The quantitative estimate of drug-likeness (QED) is 0.767. The van der Waals surface area contributed by atoms with Crippen molar-refractivity contribution >= 4 is 17.3 Å². The molecule has 0 radical (unpaired) electrons. The number of hydrogen-bond acceptors (Lipinski definition) is 6. The summed E-state index contributed by atoms with van der Waals surface area (Å²) in [5.41, 5.74) is 7.47. The Hall–Kier alpha value is -3.15. The minimum atomic E-state index is 0.302. The van der Waals surface area contributed by atoms with Gasteiger partial charge in [0, 0.05) is 6.20 Å². The summed E-state index contributed by atoms with van der Waals surface area (Å²) in [6.45, 7) is 1.97. The van der Waals surface area contributed by atoms with Crippen molar-refractivity contribution < 1.29 is 4.74 Å². The fraction of sp³-hybridized carbons (Fsp3) is 0.0625. The zero-order valence-corrected chi connectivity index (χ0v) is 12.0. The van der Waals surface area contributed by atoms with Crippen LogP contribution < -0.4 is 15.8 Å². The van der Waals surface area contributed by atoms with Gasteiger partial charge in [-0.1, -0.05) is 24.3 Å². The van der Waals surface area contributed by atoms with Crippen molar-refractivity contribution in [2.75, 3.05) is 11.1 Å². The fourth-order valence-corrected chi connectivity index (χ4v) is 1.82. The molecule has 3 rings (SSSR count). The highest BCUT2D eigenvalue weighted by atomic mass is 16.5. The number of nitrogens with two attached hydrogens (primary N) is 1. The van der Waals surface area contributed by atoms with E-state index in [4.69, 9.17) is 10.5 Å². The lowest BCUT2D eigenvalue weighted by atomic mass is 10.3. The van der Waals surface area contributed by atoms with Crippen molar-refractivity contribution in [2.24, 2.45) is 0 Å². The Morgan fingerprint density at radius 2 is 1.82 bits per heavy atom. The zero-order chi connectivity index (χ0) is 15.4. The monoisotopic (exact) mass is 293 g/mol. The molecule has 2 aromatic heterocycles. The second kappa shape index (κ2) is 6.09. The summed E-state index contributed by atoms with van der Waals surface area (Å²) in [7, 11) is 0. The molecule has 1 aromatic carbocycles. The number of anilines is 3. The van der Waals surface area contributed by atoms with Crippen LogP contribution in [-0.4, -0.2) is 15.0 Å². The third-order valence-electron chi connectivity index (χ3n) is 2.96. The molecular weight excluding hydrogens is 278 g/mol. The number of nitrogens with one attached hydrogen (secondary N) is 1. The molecule has 0 aliphatic carbocycles. The maximum Gasteiger partial charge on any atom is 0.248 e. The Labute approximate surface area is 128 Å². The molecule has 3 aromatic rings. The minimum absolute atomic E-state index is 0.302. The molecule has 0 saturated heterocycles. The van der Waals surface area contributed by atoms with Crippen molar-refractivity contribution in [3.8, 4) is 11.6 Å². The molecule has 3 N–H and O–H groups in total. The average Bonchev–Trinajstić information content (AvgIpc) is 2.54. The molecule has 110 valence electrons. The third-order valence-corrected chi connectivity index (χ3v) is 2.96. The first-order chi connectivity index (χ1) is 10.7. The van der Waals surface area contributed by atoms with Crippen molar-refractivity contribution in [1.82, 2.24) is 15.0 Å². The van der Waals surface area contributed by atoms with Crippen molar-refractivity contribution in [3.05, 3.63) is 60.6 Å². The number of ether oxygens (including phenoxy) is 1. The molecule has 0 atom stereocenters. The maximum atomic E-state index is 6.07. The number of nitrogen functional groups attached to an aromatic ring is 1. The molecule has 0 fully saturated rings. The maximum absolute atomic E-state index is 6.07. The summed E-state index contributed by atoms with van der Waals surface area (Å²) in [5.74, 6) is 2.07. The van der Waals surface area contributed by atoms with Crippen molar-refractivity contribution in [3.63, 3.8) is 0 Å². The number of aryl methyl sites for hydroxylation is 1. The predicted octanol–water partition coefficient (Wildman–Crippen LogP) is 3.30. The van der Waals surface area contributed by atoms with Gasteiger partial charge in [0.1, 0.15) is 23.6 Å². The molecule has 0 aliphatic heterocycles. The van der Waals surface area contributed by atoms with Crippen LogP contribution in [0, 0.1) is 6.92 Å². The minimum Gasteiger partial charge on any atom is -0.437 e. The fourth-order valence-electron chi connectivity index (χ4n) is 1.82. The van der Waals surface area contributed by atoms with Crippen molar-refractivity contribution in [2.45, 2.75) is 6.92 Å². The SMILES string of the molecule is Cc1ccc(Nc2ncnc(Oc3ccccc3)c2N)nc1. The highest BCUT2D eigenvalue weighted by Gasteiger charge is 2.10. The van der Waals surface area contributed by atoms with Gasteiger partial charge in [-0.05, 0) is 30.7 Å². The molecule has 0 amide bonds. The van der Waals surface area contributed by atoms with E-state index in [1.807, 2.05) is 49.4 Å². The number of nitrogens with zero attached hydrogens (tertiary/aromatic N) is 3. The smallest absolute Gasteiger partial charge is 0.248 e. The first kappa shape index (κ1) is 13.8. The Morgan fingerprint density at radius 3 is 2.55 bits per heavy atom. The van der Waals surface area contributed by atoms with Crippen molar-refractivity contribution in [1.29, 1.82) is 0 Å². The molecule has 22 heavy (non-hydrogen) atoms. The molecule has 0 spiro atoms. The number of aromatic nitrogens is 3. The number of benzene rings is 1. The highest BCUT2D eigenvalue weighted by molar-refractivity contribution is 5.71. The van der Waals surface area contributed by atoms with Crippen LogP contribution in [0.25, 0.3) is 0 Å². The summed E-state index contributed by atoms with van der Waals surface area (Å²) < 4.78 is 5.67. The Kier molecular flexibility index (Phi) is 3.82. The van der Waals surface area contributed by atoms with Gasteiger partial charge in [-0.2, -0.15) is 4.98 Å². The van der Waals surface area contributed by atoms with Gasteiger partial charge in [-0.15, -0.1) is 0 Å². The van der Waals surface area contributed by atoms with Gasteiger partial charge in [0.05, 0.1) is 0 Å². The number of rotatable bonds is 4.